The van der Waals surface area contributed by atoms with Gasteiger partial charge < -0.3 is 10.1 Å². The maximum absolute atomic E-state index is 13.2. The molecule has 1 fully saturated rings. The van der Waals surface area contributed by atoms with E-state index in [4.69, 9.17) is 4.74 Å². The first kappa shape index (κ1) is 14.6. The summed E-state index contributed by atoms with van der Waals surface area (Å²) in [6.45, 7) is 8.36. The van der Waals surface area contributed by atoms with E-state index in [-0.39, 0.29) is 11.7 Å². The van der Waals surface area contributed by atoms with Gasteiger partial charge in [-0.2, -0.15) is 0 Å². The van der Waals surface area contributed by atoms with Gasteiger partial charge in [-0.1, -0.05) is 19.9 Å². The van der Waals surface area contributed by atoms with Crippen molar-refractivity contribution in [3.63, 3.8) is 0 Å². The predicted octanol–water partition coefficient (Wildman–Crippen LogP) is 3.14. The summed E-state index contributed by atoms with van der Waals surface area (Å²) in [7, 11) is 0. The topological polar surface area (TPSA) is 38.3 Å². The number of aryl methyl sites for hydroxylation is 1. The molecule has 100 valence electrons. The fourth-order valence-corrected chi connectivity index (χ4v) is 1.49. The van der Waals surface area contributed by atoms with Crippen LogP contribution in [0.5, 0.6) is 0 Å². The van der Waals surface area contributed by atoms with Gasteiger partial charge in [-0.15, -0.1) is 0 Å². The Balaban J connectivity index is 0.000000771. The third kappa shape index (κ3) is 3.07. The summed E-state index contributed by atoms with van der Waals surface area (Å²) in [4.78, 5) is 11.8. The quantitative estimate of drug-likeness (QED) is 0.879. The lowest BCUT2D eigenvalue weighted by Crippen LogP contribution is -2.49. The van der Waals surface area contributed by atoms with Crippen LogP contribution in [0.3, 0.4) is 0 Å². The van der Waals surface area contributed by atoms with Gasteiger partial charge in [0.15, 0.2) is 0 Å². The van der Waals surface area contributed by atoms with Crippen molar-refractivity contribution in [1.82, 2.24) is 0 Å². The molecule has 0 atom stereocenters. The molecule has 0 aromatic heterocycles. The van der Waals surface area contributed by atoms with Crippen LogP contribution in [0.4, 0.5) is 10.1 Å². The Bertz CT molecular complexity index is 428. The van der Waals surface area contributed by atoms with Gasteiger partial charge in [-0.05, 0) is 31.5 Å². The molecule has 0 unspecified atom stereocenters. The first-order chi connectivity index (χ1) is 8.51. The van der Waals surface area contributed by atoms with E-state index in [9.17, 15) is 9.18 Å². The van der Waals surface area contributed by atoms with Gasteiger partial charge in [0.1, 0.15) is 5.82 Å². The Morgan fingerprint density at radius 3 is 2.44 bits per heavy atom. The van der Waals surface area contributed by atoms with Crippen molar-refractivity contribution < 1.29 is 13.9 Å². The van der Waals surface area contributed by atoms with E-state index in [0.717, 1.165) is 0 Å². The summed E-state index contributed by atoms with van der Waals surface area (Å²) < 4.78 is 18.3. The maximum Gasteiger partial charge on any atom is 0.234 e. The number of anilines is 1. The molecule has 3 nitrogen and oxygen atoms in total. The number of benzene rings is 1. The second-order valence-corrected chi connectivity index (χ2v) is 4.47. The third-order valence-electron chi connectivity index (χ3n) is 2.82. The van der Waals surface area contributed by atoms with E-state index in [0.29, 0.717) is 24.5 Å². The standard InChI is InChI=1S/C12H14FNO2.C2H6/c1-8-3-4-9(5-10(8)13)14-11(15)12(2)6-16-7-12;1-2/h3-5H,6-7H2,1-2H3,(H,14,15);1-2H3. The second kappa shape index (κ2) is 5.96. The number of amides is 1. The van der Waals surface area contributed by atoms with E-state index < -0.39 is 5.41 Å². The largest absolute Gasteiger partial charge is 0.379 e. The molecule has 0 saturated carbocycles. The summed E-state index contributed by atoms with van der Waals surface area (Å²) >= 11 is 0. The maximum atomic E-state index is 13.2. The molecule has 0 radical (unpaired) electrons. The molecule has 0 bridgehead atoms. The van der Waals surface area contributed by atoms with Crippen molar-refractivity contribution in [2.45, 2.75) is 27.7 Å². The van der Waals surface area contributed by atoms with Gasteiger partial charge in [0.25, 0.3) is 0 Å². The molecule has 1 saturated heterocycles. The number of carbonyl (C=O) groups excluding carboxylic acids is 1. The van der Waals surface area contributed by atoms with E-state index in [1.807, 2.05) is 20.8 Å². The van der Waals surface area contributed by atoms with Crippen LogP contribution in [0, 0.1) is 18.2 Å². The Hall–Kier alpha value is -1.42. The molecule has 0 aliphatic carbocycles. The SMILES string of the molecule is CC.Cc1ccc(NC(=O)C2(C)COC2)cc1F. The van der Waals surface area contributed by atoms with Gasteiger partial charge in [0.2, 0.25) is 5.91 Å². The zero-order chi connectivity index (χ0) is 13.8. The van der Waals surface area contributed by atoms with Crippen LogP contribution in [0.15, 0.2) is 18.2 Å². The summed E-state index contributed by atoms with van der Waals surface area (Å²) in [6.07, 6.45) is 0. The summed E-state index contributed by atoms with van der Waals surface area (Å²) in [5, 5.41) is 2.69. The van der Waals surface area contributed by atoms with Crippen molar-refractivity contribution in [2.24, 2.45) is 5.41 Å². The van der Waals surface area contributed by atoms with Crippen molar-refractivity contribution in [2.75, 3.05) is 18.5 Å². The van der Waals surface area contributed by atoms with E-state index in [1.54, 1.807) is 19.1 Å². The average molecular weight is 253 g/mol. The minimum Gasteiger partial charge on any atom is -0.379 e. The zero-order valence-corrected chi connectivity index (χ0v) is 11.3. The molecule has 1 N–H and O–H groups in total. The zero-order valence-electron chi connectivity index (χ0n) is 11.3. The van der Waals surface area contributed by atoms with Crippen LogP contribution in [0.2, 0.25) is 0 Å². The smallest absolute Gasteiger partial charge is 0.234 e. The normalized spacial score (nSPS) is 16.1. The Labute approximate surface area is 107 Å². The van der Waals surface area contributed by atoms with Crippen molar-refractivity contribution >= 4 is 11.6 Å². The predicted molar refractivity (Wildman–Crippen MR) is 70.0 cm³/mol. The second-order valence-electron chi connectivity index (χ2n) is 4.47. The lowest BCUT2D eigenvalue weighted by molar-refractivity contribution is -0.151. The van der Waals surface area contributed by atoms with Crippen molar-refractivity contribution in [1.29, 1.82) is 0 Å². The summed E-state index contributed by atoms with van der Waals surface area (Å²) in [6, 6.07) is 4.67. The molecule has 1 aliphatic heterocycles. The van der Waals surface area contributed by atoms with Crippen LogP contribution >= 0.6 is 0 Å². The van der Waals surface area contributed by atoms with Crippen LogP contribution in [0.1, 0.15) is 26.3 Å². The highest BCUT2D eigenvalue weighted by molar-refractivity contribution is 5.95. The molecule has 2 rings (SSSR count). The molecule has 1 aliphatic rings. The van der Waals surface area contributed by atoms with Crippen LogP contribution in [-0.2, 0) is 9.53 Å². The third-order valence-corrected chi connectivity index (χ3v) is 2.82. The highest BCUT2D eigenvalue weighted by Gasteiger charge is 2.41. The average Bonchev–Trinajstić information content (AvgIpc) is 2.33. The van der Waals surface area contributed by atoms with Crippen LogP contribution in [0.25, 0.3) is 0 Å². The van der Waals surface area contributed by atoms with Crippen molar-refractivity contribution in [3.05, 3.63) is 29.6 Å². The Morgan fingerprint density at radius 1 is 1.39 bits per heavy atom. The first-order valence-electron chi connectivity index (χ1n) is 6.17. The highest BCUT2D eigenvalue weighted by atomic mass is 19.1. The van der Waals surface area contributed by atoms with E-state index in [2.05, 4.69) is 5.32 Å². The first-order valence-corrected chi connectivity index (χ1v) is 6.17. The van der Waals surface area contributed by atoms with Crippen LogP contribution < -0.4 is 5.32 Å². The van der Waals surface area contributed by atoms with Gasteiger partial charge >= 0.3 is 0 Å². The number of carbonyl (C=O) groups is 1. The molecule has 0 spiro atoms. The molecule has 1 heterocycles. The molecular formula is C14H20FNO2. The monoisotopic (exact) mass is 253 g/mol. The number of halogens is 1. The summed E-state index contributed by atoms with van der Waals surface area (Å²) in [5.41, 5.74) is 0.582. The molecule has 1 aromatic rings. The number of ether oxygens (including phenoxy) is 1. The molecular weight excluding hydrogens is 233 g/mol. The minimum absolute atomic E-state index is 0.123. The van der Waals surface area contributed by atoms with E-state index >= 15 is 0 Å². The Morgan fingerprint density at radius 2 is 2.00 bits per heavy atom. The summed E-state index contributed by atoms with van der Waals surface area (Å²) in [5.74, 6) is -0.435. The van der Waals surface area contributed by atoms with Gasteiger partial charge in [0.05, 0.1) is 18.6 Å². The van der Waals surface area contributed by atoms with Crippen LogP contribution in [-0.4, -0.2) is 19.1 Å². The number of rotatable bonds is 2. The molecule has 1 aromatic carbocycles. The van der Waals surface area contributed by atoms with Gasteiger partial charge in [-0.3, -0.25) is 4.79 Å². The molecule has 4 heteroatoms. The highest BCUT2D eigenvalue weighted by Crippen LogP contribution is 2.28. The fraction of sp³-hybridized carbons (Fsp3) is 0.500. The van der Waals surface area contributed by atoms with E-state index in [1.165, 1.54) is 6.07 Å². The number of nitrogens with one attached hydrogen (secondary N) is 1. The number of hydrogen-bond donors (Lipinski definition) is 1. The molecule has 18 heavy (non-hydrogen) atoms. The fourth-order valence-electron chi connectivity index (χ4n) is 1.49. The van der Waals surface area contributed by atoms with Crippen molar-refractivity contribution in [3.8, 4) is 0 Å². The Kier molecular flexibility index (Phi) is 4.84. The minimum atomic E-state index is -0.471. The van der Waals surface area contributed by atoms with Gasteiger partial charge in [0, 0.05) is 5.69 Å². The lowest BCUT2D eigenvalue weighted by Gasteiger charge is -2.36. The molecule has 1 amide bonds. The van der Waals surface area contributed by atoms with Gasteiger partial charge in [-0.25, -0.2) is 4.39 Å². The lowest BCUT2D eigenvalue weighted by atomic mass is 9.87. The number of hydrogen-bond acceptors (Lipinski definition) is 2.